The minimum Gasteiger partial charge on any atom is -0.435 e. The van der Waals surface area contributed by atoms with Crippen LogP contribution in [0.4, 0.5) is 13.9 Å². The van der Waals surface area contributed by atoms with Crippen molar-refractivity contribution in [1.29, 1.82) is 0 Å². The molecule has 0 saturated carbocycles. The number of rotatable bonds is 7. The molecule has 1 unspecified atom stereocenters. The maximum atomic E-state index is 12.0. The number of aromatic nitrogens is 2. The fraction of sp³-hybridized carbons (Fsp3) is 0.429. The number of halogens is 2. The van der Waals surface area contributed by atoms with Crippen LogP contribution < -0.4 is 10.1 Å². The van der Waals surface area contributed by atoms with Crippen LogP contribution in [0, 0.1) is 6.92 Å². The summed E-state index contributed by atoms with van der Waals surface area (Å²) < 4.78 is 28.4. The molecule has 0 aliphatic carbocycles. The standard InChI is InChI=1S/C14H17F2N3OS/c1-9(17-14-19-18-10(2)21-14)3-4-11-5-7-12(8-6-11)20-13(15)16/h5-9,13H,3-4H2,1-2H3,(H,17,19). The number of hydrogen-bond acceptors (Lipinski definition) is 5. The van der Waals surface area contributed by atoms with Crippen LogP contribution in [0.25, 0.3) is 0 Å². The summed E-state index contributed by atoms with van der Waals surface area (Å²) in [7, 11) is 0. The Morgan fingerprint density at radius 2 is 1.95 bits per heavy atom. The summed E-state index contributed by atoms with van der Waals surface area (Å²) in [5.41, 5.74) is 1.08. The maximum absolute atomic E-state index is 12.0. The molecule has 2 rings (SSSR count). The third-order valence-corrected chi connectivity index (χ3v) is 3.68. The topological polar surface area (TPSA) is 47.0 Å². The van der Waals surface area contributed by atoms with Gasteiger partial charge in [-0.3, -0.25) is 0 Å². The van der Waals surface area contributed by atoms with Gasteiger partial charge >= 0.3 is 6.61 Å². The zero-order chi connectivity index (χ0) is 15.2. The first kappa shape index (κ1) is 15.6. The van der Waals surface area contributed by atoms with E-state index in [1.54, 1.807) is 24.3 Å². The van der Waals surface area contributed by atoms with Crippen LogP contribution in [0.1, 0.15) is 23.9 Å². The van der Waals surface area contributed by atoms with Gasteiger partial charge in [0, 0.05) is 6.04 Å². The second kappa shape index (κ2) is 7.31. The Morgan fingerprint density at radius 1 is 1.24 bits per heavy atom. The Kier molecular flexibility index (Phi) is 5.44. The highest BCUT2D eigenvalue weighted by Gasteiger charge is 2.07. The van der Waals surface area contributed by atoms with Crippen molar-refractivity contribution in [3.05, 3.63) is 34.8 Å². The van der Waals surface area contributed by atoms with E-state index in [0.29, 0.717) is 0 Å². The summed E-state index contributed by atoms with van der Waals surface area (Å²) in [4.78, 5) is 0. The van der Waals surface area contributed by atoms with Crippen molar-refractivity contribution >= 4 is 16.5 Å². The predicted molar refractivity (Wildman–Crippen MR) is 79.1 cm³/mol. The fourth-order valence-electron chi connectivity index (χ4n) is 1.86. The number of nitrogens with one attached hydrogen (secondary N) is 1. The van der Waals surface area contributed by atoms with E-state index in [0.717, 1.165) is 28.5 Å². The van der Waals surface area contributed by atoms with Gasteiger partial charge < -0.3 is 10.1 Å². The Bertz CT molecular complexity index is 560. The molecule has 0 bridgehead atoms. The van der Waals surface area contributed by atoms with Gasteiger partial charge in [0.2, 0.25) is 5.13 Å². The van der Waals surface area contributed by atoms with E-state index in [1.165, 1.54) is 11.3 Å². The third-order valence-electron chi connectivity index (χ3n) is 2.91. The van der Waals surface area contributed by atoms with Gasteiger partial charge in [-0.05, 0) is 44.4 Å². The molecule has 21 heavy (non-hydrogen) atoms. The van der Waals surface area contributed by atoms with Crippen molar-refractivity contribution in [3.8, 4) is 5.75 Å². The first-order valence-corrected chi connectivity index (χ1v) is 7.45. The van der Waals surface area contributed by atoms with Crippen molar-refractivity contribution in [2.24, 2.45) is 0 Å². The van der Waals surface area contributed by atoms with Gasteiger partial charge in [-0.2, -0.15) is 8.78 Å². The van der Waals surface area contributed by atoms with E-state index in [-0.39, 0.29) is 11.8 Å². The van der Waals surface area contributed by atoms with E-state index >= 15 is 0 Å². The number of aryl methyl sites for hydroxylation is 2. The number of alkyl halides is 2. The number of nitrogens with zero attached hydrogens (tertiary/aromatic N) is 2. The first-order chi connectivity index (χ1) is 10.0. The van der Waals surface area contributed by atoms with Crippen LogP contribution in [-0.2, 0) is 6.42 Å². The zero-order valence-corrected chi connectivity index (χ0v) is 12.7. The van der Waals surface area contributed by atoms with Crippen molar-refractivity contribution in [1.82, 2.24) is 10.2 Å². The highest BCUT2D eigenvalue weighted by molar-refractivity contribution is 7.15. The summed E-state index contributed by atoms with van der Waals surface area (Å²) in [6.07, 6.45) is 1.76. The molecule has 0 aliphatic heterocycles. The van der Waals surface area contributed by atoms with Crippen LogP contribution in [0.3, 0.4) is 0 Å². The normalized spacial score (nSPS) is 12.4. The highest BCUT2D eigenvalue weighted by Crippen LogP contribution is 2.18. The number of ether oxygens (including phenoxy) is 1. The van der Waals surface area contributed by atoms with Gasteiger partial charge in [0.05, 0.1) is 0 Å². The van der Waals surface area contributed by atoms with Gasteiger partial charge in [-0.1, -0.05) is 23.5 Å². The van der Waals surface area contributed by atoms with Crippen molar-refractivity contribution < 1.29 is 13.5 Å². The van der Waals surface area contributed by atoms with E-state index in [1.807, 2.05) is 6.92 Å². The molecule has 0 amide bonds. The molecular formula is C14H17F2N3OS. The molecular weight excluding hydrogens is 296 g/mol. The van der Waals surface area contributed by atoms with Crippen molar-refractivity contribution in [2.45, 2.75) is 39.3 Å². The average molecular weight is 313 g/mol. The molecule has 1 aromatic carbocycles. The fourth-order valence-corrected chi connectivity index (χ4v) is 2.56. The largest absolute Gasteiger partial charge is 0.435 e. The number of hydrogen-bond donors (Lipinski definition) is 1. The molecule has 2 aromatic rings. The van der Waals surface area contributed by atoms with Crippen molar-refractivity contribution in [3.63, 3.8) is 0 Å². The quantitative estimate of drug-likeness (QED) is 0.842. The smallest absolute Gasteiger partial charge is 0.387 e. The molecule has 7 heteroatoms. The Balaban J connectivity index is 1.79. The Hall–Kier alpha value is -1.76. The molecule has 1 N–H and O–H groups in total. The minimum atomic E-state index is -2.78. The highest BCUT2D eigenvalue weighted by atomic mass is 32.1. The van der Waals surface area contributed by atoms with Crippen LogP contribution in [-0.4, -0.2) is 22.9 Å². The lowest BCUT2D eigenvalue weighted by Gasteiger charge is -2.12. The van der Waals surface area contributed by atoms with E-state index < -0.39 is 6.61 Å². The second-order valence-corrected chi connectivity index (χ2v) is 5.91. The number of benzene rings is 1. The Morgan fingerprint density at radius 3 is 2.52 bits per heavy atom. The molecule has 114 valence electrons. The lowest BCUT2D eigenvalue weighted by atomic mass is 10.1. The van der Waals surface area contributed by atoms with Gasteiger partial charge in [0.25, 0.3) is 0 Å². The minimum absolute atomic E-state index is 0.184. The lowest BCUT2D eigenvalue weighted by molar-refractivity contribution is -0.0498. The summed E-state index contributed by atoms with van der Waals surface area (Å²) in [6.45, 7) is 1.21. The lowest BCUT2D eigenvalue weighted by Crippen LogP contribution is -2.15. The van der Waals surface area contributed by atoms with E-state index in [2.05, 4.69) is 27.2 Å². The van der Waals surface area contributed by atoms with Crippen molar-refractivity contribution in [2.75, 3.05) is 5.32 Å². The maximum Gasteiger partial charge on any atom is 0.387 e. The molecule has 0 aliphatic rings. The summed E-state index contributed by atoms with van der Waals surface area (Å²) in [5, 5.41) is 13.0. The van der Waals surface area contributed by atoms with Gasteiger partial charge in [0.1, 0.15) is 10.8 Å². The van der Waals surface area contributed by atoms with E-state index in [4.69, 9.17) is 0 Å². The summed E-state index contributed by atoms with van der Waals surface area (Å²) in [6, 6.07) is 7.00. The molecule has 0 fully saturated rings. The van der Waals surface area contributed by atoms with Crippen LogP contribution >= 0.6 is 11.3 Å². The predicted octanol–water partition coefficient (Wildman–Crippen LogP) is 3.88. The second-order valence-electron chi connectivity index (χ2n) is 4.73. The van der Waals surface area contributed by atoms with Crippen LogP contribution in [0.5, 0.6) is 5.75 Å². The number of anilines is 1. The van der Waals surface area contributed by atoms with E-state index in [9.17, 15) is 8.78 Å². The van der Waals surface area contributed by atoms with Gasteiger partial charge in [-0.25, -0.2) is 0 Å². The Labute approximate surface area is 126 Å². The molecule has 0 spiro atoms. The molecule has 0 saturated heterocycles. The van der Waals surface area contributed by atoms with Crippen LogP contribution in [0.15, 0.2) is 24.3 Å². The first-order valence-electron chi connectivity index (χ1n) is 6.63. The van der Waals surface area contributed by atoms with Crippen LogP contribution in [0.2, 0.25) is 0 Å². The SMILES string of the molecule is Cc1nnc(NC(C)CCc2ccc(OC(F)F)cc2)s1. The van der Waals surface area contributed by atoms with Gasteiger partial charge in [-0.15, -0.1) is 10.2 Å². The molecule has 1 heterocycles. The van der Waals surface area contributed by atoms with Gasteiger partial charge in [0.15, 0.2) is 0 Å². The molecule has 1 aromatic heterocycles. The monoisotopic (exact) mass is 313 g/mol. The average Bonchev–Trinajstić information content (AvgIpc) is 2.83. The summed E-state index contributed by atoms with van der Waals surface area (Å²) >= 11 is 1.52. The molecule has 1 atom stereocenters. The molecule has 0 radical (unpaired) electrons. The third kappa shape index (κ3) is 5.26. The molecule has 4 nitrogen and oxygen atoms in total. The summed E-state index contributed by atoms with van der Waals surface area (Å²) in [5.74, 6) is 0.184. The zero-order valence-electron chi connectivity index (χ0n) is 11.8.